The molecule has 0 saturated carbocycles. The molecule has 0 amide bonds. The molecule has 33 heavy (non-hydrogen) atoms. The van der Waals surface area contributed by atoms with Crippen molar-refractivity contribution in [1.82, 2.24) is 5.32 Å². The maximum Gasteiger partial charge on any atom is 0.336 e. The highest BCUT2D eigenvalue weighted by molar-refractivity contribution is 6.12. The molecule has 0 bridgehead atoms. The molecule has 1 N–H and O–H groups in total. The second-order valence-electron chi connectivity index (χ2n) is 8.27. The average molecular weight is 451 g/mol. The Hall–Kier alpha value is -3.68. The van der Waals surface area contributed by atoms with Crippen LogP contribution in [0.2, 0.25) is 0 Å². The number of hydrogen-bond donors (Lipinski definition) is 1. The van der Waals surface area contributed by atoms with Crippen LogP contribution in [0.25, 0.3) is 11.0 Å². The molecule has 8 heteroatoms. The number of dihydropyridines is 1. The molecule has 172 valence electrons. The first-order chi connectivity index (χ1) is 15.8. The second-order valence-corrected chi connectivity index (χ2v) is 8.27. The summed E-state index contributed by atoms with van der Waals surface area (Å²) in [6.45, 7) is 5.29. The molecule has 2 aromatic rings. The summed E-state index contributed by atoms with van der Waals surface area (Å²) in [5.74, 6) is -4.16. The van der Waals surface area contributed by atoms with Crippen molar-refractivity contribution in [3.05, 3.63) is 68.9 Å². The van der Waals surface area contributed by atoms with Crippen LogP contribution in [0.4, 0.5) is 0 Å². The van der Waals surface area contributed by atoms with E-state index in [9.17, 15) is 19.2 Å². The molecule has 2 aliphatic rings. The number of methoxy groups -OCH3 is 1. The summed E-state index contributed by atoms with van der Waals surface area (Å²) < 4.78 is 15.9. The summed E-state index contributed by atoms with van der Waals surface area (Å²) in [4.78, 5) is 52.6. The van der Waals surface area contributed by atoms with E-state index in [2.05, 4.69) is 5.32 Å². The maximum absolute atomic E-state index is 13.7. The molecule has 1 aliphatic heterocycles. The standard InChI is InChI=1S/C25H25NO7/c1-5-32-25(30)19-13(3)26-16-10-12(2)18(24(29)31-4)23(28)21(16)20(19)15-11-33-17-9-7-6-8-14(17)22(15)27/h6-9,11-12,18,20,26H,5,10H2,1-4H3/t12-,18+,20-/m0/s1. The summed E-state index contributed by atoms with van der Waals surface area (Å²) >= 11 is 0. The van der Waals surface area contributed by atoms with Crippen molar-refractivity contribution in [2.75, 3.05) is 13.7 Å². The third-order valence-corrected chi connectivity index (χ3v) is 6.26. The first-order valence-corrected chi connectivity index (χ1v) is 10.8. The molecule has 2 heterocycles. The van der Waals surface area contributed by atoms with Gasteiger partial charge in [0.2, 0.25) is 0 Å². The van der Waals surface area contributed by atoms with Crippen molar-refractivity contribution in [1.29, 1.82) is 0 Å². The number of para-hydroxylation sites is 1. The summed E-state index contributed by atoms with van der Waals surface area (Å²) in [5.41, 5.74) is 1.58. The number of esters is 2. The van der Waals surface area contributed by atoms with Crippen molar-refractivity contribution in [2.24, 2.45) is 11.8 Å². The molecule has 3 atom stereocenters. The number of fused-ring (bicyclic) bond motifs is 1. The Kier molecular flexibility index (Phi) is 5.93. The van der Waals surface area contributed by atoms with Gasteiger partial charge >= 0.3 is 11.9 Å². The van der Waals surface area contributed by atoms with Gasteiger partial charge in [-0.3, -0.25) is 14.4 Å². The fourth-order valence-electron chi connectivity index (χ4n) is 4.76. The highest BCUT2D eigenvalue weighted by Gasteiger charge is 2.48. The number of rotatable bonds is 4. The Morgan fingerprint density at radius 1 is 1.21 bits per heavy atom. The minimum Gasteiger partial charge on any atom is -0.468 e. The first kappa shape index (κ1) is 22.5. The Bertz CT molecular complexity index is 1280. The topological polar surface area (TPSA) is 112 Å². The van der Waals surface area contributed by atoms with E-state index in [1.165, 1.54) is 13.4 Å². The van der Waals surface area contributed by atoms with Crippen LogP contribution < -0.4 is 10.7 Å². The number of hydrogen-bond acceptors (Lipinski definition) is 8. The predicted molar refractivity (Wildman–Crippen MR) is 119 cm³/mol. The van der Waals surface area contributed by atoms with Crippen LogP contribution in [-0.2, 0) is 23.9 Å². The third kappa shape index (κ3) is 3.65. The van der Waals surface area contributed by atoms with Gasteiger partial charge in [-0.25, -0.2) is 4.79 Å². The molecule has 0 radical (unpaired) electrons. The van der Waals surface area contributed by atoms with E-state index in [4.69, 9.17) is 13.9 Å². The van der Waals surface area contributed by atoms with Crippen molar-refractivity contribution in [2.45, 2.75) is 33.1 Å². The van der Waals surface area contributed by atoms with Gasteiger partial charge in [-0.2, -0.15) is 0 Å². The average Bonchev–Trinajstić information content (AvgIpc) is 2.78. The van der Waals surface area contributed by atoms with E-state index in [-0.39, 0.29) is 34.7 Å². The fraction of sp³-hybridized carbons (Fsp3) is 0.360. The lowest BCUT2D eigenvalue weighted by Gasteiger charge is -2.37. The molecule has 4 rings (SSSR count). The summed E-state index contributed by atoms with van der Waals surface area (Å²) in [5, 5.41) is 3.49. The van der Waals surface area contributed by atoms with Gasteiger partial charge in [0, 0.05) is 22.5 Å². The first-order valence-electron chi connectivity index (χ1n) is 10.8. The summed E-state index contributed by atoms with van der Waals surface area (Å²) in [6.07, 6.45) is 1.67. The molecular formula is C25H25NO7. The maximum atomic E-state index is 13.7. The fourth-order valence-corrected chi connectivity index (χ4v) is 4.76. The number of ketones is 1. The van der Waals surface area contributed by atoms with Gasteiger partial charge in [-0.15, -0.1) is 0 Å². The van der Waals surface area contributed by atoms with Crippen LogP contribution in [0, 0.1) is 11.8 Å². The minimum absolute atomic E-state index is 0.121. The zero-order valence-corrected chi connectivity index (χ0v) is 18.9. The molecule has 1 aromatic carbocycles. The van der Waals surface area contributed by atoms with Crippen molar-refractivity contribution >= 4 is 28.7 Å². The zero-order chi connectivity index (χ0) is 23.9. The van der Waals surface area contributed by atoms with Gasteiger partial charge in [0.05, 0.1) is 36.9 Å². The smallest absolute Gasteiger partial charge is 0.336 e. The largest absolute Gasteiger partial charge is 0.468 e. The molecule has 1 aromatic heterocycles. The van der Waals surface area contributed by atoms with Crippen LogP contribution in [0.5, 0.6) is 0 Å². The molecular weight excluding hydrogens is 426 g/mol. The van der Waals surface area contributed by atoms with Crippen LogP contribution in [-0.4, -0.2) is 31.4 Å². The lowest BCUT2D eigenvalue weighted by atomic mass is 9.69. The number of ether oxygens (including phenoxy) is 2. The Morgan fingerprint density at radius 3 is 2.64 bits per heavy atom. The van der Waals surface area contributed by atoms with E-state index < -0.39 is 29.6 Å². The normalized spacial score (nSPS) is 22.7. The minimum atomic E-state index is -1.03. The third-order valence-electron chi connectivity index (χ3n) is 6.26. The Labute approximate surface area is 190 Å². The van der Waals surface area contributed by atoms with Crippen LogP contribution in [0.15, 0.2) is 62.3 Å². The molecule has 8 nitrogen and oxygen atoms in total. The van der Waals surface area contributed by atoms with E-state index >= 15 is 0 Å². The number of carbonyl (C=O) groups excluding carboxylic acids is 3. The van der Waals surface area contributed by atoms with Crippen LogP contribution in [0.3, 0.4) is 0 Å². The van der Waals surface area contributed by atoms with Crippen molar-refractivity contribution in [3.8, 4) is 0 Å². The number of nitrogens with one attached hydrogen (secondary N) is 1. The van der Waals surface area contributed by atoms with Crippen molar-refractivity contribution in [3.63, 3.8) is 0 Å². The van der Waals surface area contributed by atoms with E-state index in [0.29, 0.717) is 28.8 Å². The van der Waals surface area contributed by atoms with E-state index in [0.717, 1.165) is 0 Å². The van der Waals surface area contributed by atoms with Gasteiger partial charge in [-0.1, -0.05) is 19.1 Å². The van der Waals surface area contributed by atoms with E-state index in [1.807, 2.05) is 0 Å². The highest BCUT2D eigenvalue weighted by atomic mass is 16.5. The lowest BCUT2D eigenvalue weighted by molar-refractivity contribution is -0.151. The lowest BCUT2D eigenvalue weighted by Crippen LogP contribution is -2.44. The predicted octanol–water partition coefficient (Wildman–Crippen LogP) is 2.97. The number of carbonyl (C=O) groups is 3. The van der Waals surface area contributed by atoms with Gasteiger partial charge in [0.15, 0.2) is 11.2 Å². The molecule has 1 aliphatic carbocycles. The Morgan fingerprint density at radius 2 is 1.94 bits per heavy atom. The zero-order valence-electron chi connectivity index (χ0n) is 18.9. The van der Waals surface area contributed by atoms with Gasteiger partial charge in [-0.05, 0) is 38.3 Å². The number of Topliss-reactive ketones (excluding diaryl/α,β-unsaturated/α-hetero) is 1. The molecule has 0 fully saturated rings. The molecule has 0 saturated heterocycles. The monoisotopic (exact) mass is 451 g/mol. The number of benzene rings is 1. The summed E-state index contributed by atoms with van der Waals surface area (Å²) in [7, 11) is 1.23. The van der Waals surface area contributed by atoms with Gasteiger partial charge in [0.25, 0.3) is 0 Å². The van der Waals surface area contributed by atoms with Gasteiger partial charge in [0.1, 0.15) is 11.5 Å². The van der Waals surface area contributed by atoms with Crippen LogP contribution in [0.1, 0.15) is 38.7 Å². The summed E-state index contributed by atoms with van der Waals surface area (Å²) in [6, 6.07) is 6.76. The molecule has 0 spiro atoms. The quantitative estimate of drug-likeness (QED) is 0.558. The SMILES string of the molecule is CCOC(=O)C1=C(C)NC2=C(C(=O)[C@H](C(=O)OC)[C@@H](C)C2)[C@H]1c1coc2ccccc2c1=O. The van der Waals surface area contributed by atoms with Gasteiger partial charge < -0.3 is 19.2 Å². The van der Waals surface area contributed by atoms with Crippen molar-refractivity contribution < 1.29 is 28.3 Å². The Balaban J connectivity index is 1.98. The highest BCUT2D eigenvalue weighted by Crippen LogP contribution is 2.45. The molecule has 0 unspecified atom stereocenters. The van der Waals surface area contributed by atoms with Crippen LogP contribution >= 0.6 is 0 Å². The second kappa shape index (κ2) is 8.69. The van der Waals surface area contributed by atoms with E-state index in [1.54, 1.807) is 45.0 Å². The number of allylic oxidation sites excluding steroid dienone is 3.